The van der Waals surface area contributed by atoms with Gasteiger partial charge in [0.25, 0.3) is 12.3 Å². The Balaban J connectivity index is 2.05. The van der Waals surface area contributed by atoms with Gasteiger partial charge in [0.05, 0.1) is 6.04 Å². The Labute approximate surface area is 115 Å². The molecule has 0 aliphatic carbocycles. The van der Waals surface area contributed by atoms with Crippen molar-refractivity contribution in [2.75, 3.05) is 0 Å². The molecular formula is C13H15N3O4. The number of hydrogen-bond donors (Lipinski definition) is 1. The number of benzene rings is 1. The highest BCUT2D eigenvalue weighted by Gasteiger charge is 2.36. The van der Waals surface area contributed by atoms with Crippen molar-refractivity contribution in [3.05, 3.63) is 35.9 Å². The molecule has 7 nitrogen and oxygen atoms in total. The van der Waals surface area contributed by atoms with E-state index in [0.717, 1.165) is 5.56 Å². The summed E-state index contributed by atoms with van der Waals surface area (Å²) in [7, 11) is 0. The van der Waals surface area contributed by atoms with E-state index in [0.29, 0.717) is 10.2 Å². The Bertz CT molecular complexity index is 506. The molecule has 0 aromatic heterocycles. The zero-order valence-corrected chi connectivity index (χ0v) is 10.8. The Morgan fingerprint density at radius 3 is 2.70 bits per heavy atom. The van der Waals surface area contributed by atoms with Gasteiger partial charge in [0.15, 0.2) is 0 Å². The third-order valence-electron chi connectivity index (χ3n) is 2.92. The molecule has 2 rings (SSSR count). The fourth-order valence-corrected chi connectivity index (χ4v) is 1.85. The largest absolute Gasteiger partial charge is 0.320 e. The highest BCUT2D eigenvalue weighted by molar-refractivity contribution is 6.00. The molecule has 1 aliphatic rings. The SMILES string of the molecule is NC1CCC(=O)N(N(C=O)OCc2ccccc2)C1=O. The number of carbonyl (C=O) groups excluding carboxylic acids is 3. The van der Waals surface area contributed by atoms with Gasteiger partial charge >= 0.3 is 0 Å². The monoisotopic (exact) mass is 277 g/mol. The molecular weight excluding hydrogens is 262 g/mol. The minimum Gasteiger partial charge on any atom is -0.320 e. The molecule has 106 valence electrons. The lowest BCUT2D eigenvalue weighted by Crippen LogP contribution is -2.58. The van der Waals surface area contributed by atoms with Crippen LogP contribution in [0, 0.1) is 0 Å². The summed E-state index contributed by atoms with van der Waals surface area (Å²) in [6.07, 6.45) is 0.655. The number of hydroxylamine groups is 1. The third kappa shape index (κ3) is 3.01. The number of carbonyl (C=O) groups is 3. The Morgan fingerprint density at radius 1 is 1.35 bits per heavy atom. The lowest BCUT2D eigenvalue weighted by molar-refractivity contribution is -0.256. The summed E-state index contributed by atoms with van der Waals surface area (Å²) in [6, 6.07) is 8.28. The van der Waals surface area contributed by atoms with E-state index in [-0.39, 0.29) is 25.9 Å². The molecule has 1 unspecified atom stereocenters. The number of piperidine rings is 1. The van der Waals surface area contributed by atoms with Crippen molar-refractivity contribution in [2.24, 2.45) is 5.73 Å². The number of imide groups is 1. The maximum absolute atomic E-state index is 11.8. The van der Waals surface area contributed by atoms with E-state index >= 15 is 0 Å². The molecule has 1 atom stereocenters. The number of nitrogens with two attached hydrogens (primary N) is 1. The van der Waals surface area contributed by atoms with Crippen LogP contribution in [-0.4, -0.2) is 34.4 Å². The predicted octanol–water partition coefficient (Wildman–Crippen LogP) is -0.0321. The molecule has 20 heavy (non-hydrogen) atoms. The molecule has 1 fully saturated rings. The first-order valence-electron chi connectivity index (χ1n) is 6.17. The number of amides is 3. The van der Waals surface area contributed by atoms with Crippen molar-refractivity contribution < 1.29 is 19.2 Å². The van der Waals surface area contributed by atoms with E-state index in [2.05, 4.69) is 0 Å². The molecule has 1 saturated heterocycles. The predicted molar refractivity (Wildman–Crippen MR) is 68.2 cm³/mol. The summed E-state index contributed by atoms with van der Waals surface area (Å²) < 4.78 is 0. The number of rotatable bonds is 5. The lowest BCUT2D eigenvalue weighted by Gasteiger charge is -2.33. The average molecular weight is 277 g/mol. The van der Waals surface area contributed by atoms with Gasteiger partial charge in [-0.25, -0.2) is 4.84 Å². The Hall–Kier alpha value is -2.25. The number of nitrogens with zero attached hydrogens (tertiary/aromatic N) is 2. The molecule has 0 saturated carbocycles. The molecule has 0 radical (unpaired) electrons. The van der Waals surface area contributed by atoms with Gasteiger partial charge in [-0.05, 0) is 12.0 Å². The van der Waals surface area contributed by atoms with Crippen LogP contribution in [0.15, 0.2) is 30.3 Å². The normalized spacial score (nSPS) is 19.1. The Kier molecular flexibility index (Phi) is 4.44. The van der Waals surface area contributed by atoms with Gasteiger partial charge in [0.1, 0.15) is 6.61 Å². The van der Waals surface area contributed by atoms with Crippen LogP contribution in [0.5, 0.6) is 0 Å². The number of hydrazine groups is 1. The van der Waals surface area contributed by atoms with Crippen molar-refractivity contribution >= 4 is 18.2 Å². The van der Waals surface area contributed by atoms with Crippen LogP contribution >= 0.6 is 0 Å². The van der Waals surface area contributed by atoms with Crippen molar-refractivity contribution in [2.45, 2.75) is 25.5 Å². The van der Waals surface area contributed by atoms with E-state index in [9.17, 15) is 14.4 Å². The van der Waals surface area contributed by atoms with Crippen molar-refractivity contribution in [1.29, 1.82) is 0 Å². The van der Waals surface area contributed by atoms with Gasteiger partial charge < -0.3 is 5.73 Å². The van der Waals surface area contributed by atoms with Crippen LogP contribution in [0.1, 0.15) is 18.4 Å². The number of hydrogen-bond acceptors (Lipinski definition) is 5. The highest BCUT2D eigenvalue weighted by Crippen LogP contribution is 2.14. The van der Waals surface area contributed by atoms with E-state index in [4.69, 9.17) is 10.6 Å². The van der Waals surface area contributed by atoms with Crippen LogP contribution in [0.2, 0.25) is 0 Å². The van der Waals surface area contributed by atoms with Gasteiger partial charge in [-0.15, -0.1) is 5.17 Å². The molecule has 0 bridgehead atoms. The van der Waals surface area contributed by atoms with Crippen molar-refractivity contribution in [1.82, 2.24) is 10.2 Å². The summed E-state index contributed by atoms with van der Waals surface area (Å²) in [6.45, 7) is 0.0614. The van der Waals surface area contributed by atoms with Crippen LogP contribution in [0.3, 0.4) is 0 Å². The molecule has 3 amide bonds. The first kappa shape index (κ1) is 14.2. The van der Waals surface area contributed by atoms with Gasteiger partial charge in [0.2, 0.25) is 5.91 Å². The minimum absolute atomic E-state index is 0.0614. The fourth-order valence-electron chi connectivity index (χ4n) is 1.85. The van der Waals surface area contributed by atoms with Gasteiger partial charge in [-0.1, -0.05) is 30.3 Å². The van der Waals surface area contributed by atoms with E-state index in [1.807, 2.05) is 18.2 Å². The maximum atomic E-state index is 11.8. The van der Waals surface area contributed by atoms with E-state index < -0.39 is 17.9 Å². The molecule has 2 N–H and O–H groups in total. The second kappa shape index (κ2) is 6.27. The van der Waals surface area contributed by atoms with Crippen LogP contribution in [0.25, 0.3) is 0 Å². The Morgan fingerprint density at radius 2 is 2.05 bits per heavy atom. The summed E-state index contributed by atoms with van der Waals surface area (Å²) in [5, 5.41) is 1.26. The molecule has 7 heteroatoms. The summed E-state index contributed by atoms with van der Waals surface area (Å²) in [5.41, 5.74) is 6.40. The van der Waals surface area contributed by atoms with Gasteiger partial charge in [0, 0.05) is 6.42 Å². The molecule has 1 aromatic rings. The van der Waals surface area contributed by atoms with E-state index in [1.165, 1.54) is 0 Å². The van der Waals surface area contributed by atoms with Gasteiger partial charge in [-0.3, -0.25) is 14.4 Å². The van der Waals surface area contributed by atoms with Crippen LogP contribution in [-0.2, 0) is 25.8 Å². The lowest BCUT2D eigenvalue weighted by atomic mass is 10.1. The minimum atomic E-state index is -0.796. The summed E-state index contributed by atoms with van der Waals surface area (Å²) in [5.74, 6) is -1.14. The zero-order valence-electron chi connectivity index (χ0n) is 10.8. The standard InChI is InChI=1S/C13H15N3O4/c14-11-6-7-12(18)16(13(11)19)15(9-17)20-8-10-4-2-1-3-5-10/h1-5,9,11H,6-8,14H2. The third-order valence-corrected chi connectivity index (χ3v) is 2.92. The van der Waals surface area contributed by atoms with Crippen molar-refractivity contribution in [3.63, 3.8) is 0 Å². The molecule has 1 aromatic carbocycles. The van der Waals surface area contributed by atoms with Crippen molar-refractivity contribution in [3.8, 4) is 0 Å². The summed E-state index contributed by atoms with van der Waals surface area (Å²) in [4.78, 5) is 39.8. The van der Waals surface area contributed by atoms with Crippen LogP contribution < -0.4 is 5.73 Å². The highest BCUT2D eigenvalue weighted by atomic mass is 16.7. The summed E-state index contributed by atoms with van der Waals surface area (Å²) >= 11 is 0. The first-order chi connectivity index (χ1) is 9.63. The second-order valence-electron chi connectivity index (χ2n) is 4.36. The van der Waals surface area contributed by atoms with Crippen LogP contribution in [0.4, 0.5) is 0 Å². The average Bonchev–Trinajstić information content (AvgIpc) is 2.47. The molecule has 1 aliphatic heterocycles. The second-order valence-corrected chi connectivity index (χ2v) is 4.36. The fraction of sp³-hybridized carbons (Fsp3) is 0.308. The first-order valence-corrected chi connectivity index (χ1v) is 6.17. The molecule has 1 heterocycles. The smallest absolute Gasteiger partial charge is 0.267 e. The maximum Gasteiger partial charge on any atom is 0.267 e. The topological polar surface area (TPSA) is 92.9 Å². The van der Waals surface area contributed by atoms with E-state index in [1.54, 1.807) is 12.1 Å². The quantitative estimate of drug-likeness (QED) is 0.463. The van der Waals surface area contributed by atoms with Gasteiger partial charge in [-0.2, -0.15) is 5.01 Å². The molecule has 0 spiro atoms. The zero-order chi connectivity index (χ0) is 14.5.